The molecule has 3 heteroatoms. The lowest BCUT2D eigenvalue weighted by molar-refractivity contribution is -0.127. The van der Waals surface area contributed by atoms with Crippen LogP contribution in [-0.4, -0.2) is 24.2 Å². The number of aliphatic hydroxyl groups is 1. The number of hydrogen-bond donors (Lipinski definition) is 2. The molecule has 0 aromatic carbocycles. The van der Waals surface area contributed by atoms with E-state index in [9.17, 15) is 4.79 Å². The van der Waals surface area contributed by atoms with Gasteiger partial charge in [0.05, 0.1) is 12.0 Å². The van der Waals surface area contributed by atoms with Crippen molar-refractivity contribution in [3.63, 3.8) is 0 Å². The molecule has 0 heterocycles. The zero-order chi connectivity index (χ0) is 10.7. The first-order valence-electron chi connectivity index (χ1n) is 6.16. The van der Waals surface area contributed by atoms with Gasteiger partial charge in [-0.2, -0.15) is 0 Å². The molecule has 15 heavy (non-hydrogen) atoms. The number of nitrogens with one attached hydrogen (secondary N) is 1. The molecular weight excluding hydrogens is 190 g/mol. The van der Waals surface area contributed by atoms with Crippen LogP contribution in [0.5, 0.6) is 0 Å². The average molecular weight is 211 g/mol. The zero-order valence-corrected chi connectivity index (χ0v) is 9.30. The van der Waals surface area contributed by atoms with Crippen molar-refractivity contribution in [1.29, 1.82) is 0 Å². The monoisotopic (exact) mass is 211 g/mol. The summed E-state index contributed by atoms with van der Waals surface area (Å²) in [6, 6.07) is 0. The van der Waals surface area contributed by atoms with E-state index in [0.29, 0.717) is 5.92 Å². The van der Waals surface area contributed by atoms with Gasteiger partial charge in [-0.15, -0.1) is 0 Å². The van der Waals surface area contributed by atoms with E-state index in [2.05, 4.69) is 5.32 Å². The predicted octanol–water partition coefficient (Wildman–Crippen LogP) is 1.46. The second-order valence-corrected chi connectivity index (χ2v) is 5.15. The van der Waals surface area contributed by atoms with Gasteiger partial charge in [-0.05, 0) is 31.6 Å². The summed E-state index contributed by atoms with van der Waals surface area (Å²) >= 11 is 0. The van der Waals surface area contributed by atoms with Crippen molar-refractivity contribution in [2.45, 2.75) is 44.9 Å². The molecule has 0 spiro atoms. The van der Waals surface area contributed by atoms with Crippen LogP contribution in [0.4, 0.5) is 0 Å². The Morgan fingerprint density at radius 1 is 1.27 bits per heavy atom. The van der Waals surface area contributed by atoms with Crippen LogP contribution in [0, 0.1) is 11.3 Å². The Morgan fingerprint density at radius 2 is 1.93 bits per heavy atom. The van der Waals surface area contributed by atoms with Gasteiger partial charge in [-0.25, -0.2) is 0 Å². The van der Waals surface area contributed by atoms with Crippen LogP contribution in [-0.2, 0) is 4.79 Å². The zero-order valence-electron chi connectivity index (χ0n) is 9.30. The highest BCUT2D eigenvalue weighted by molar-refractivity contribution is 5.85. The largest absolute Gasteiger partial charge is 0.395 e. The SMILES string of the molecule is O=C(NCC1CCCCC1)C1(CO)CC1. The van der Waals surface area contributed by atoms with Crippen LogP contribution in [0.15, 0.2) is 0 Å². The van der Waals surface area contributed by atoms with Crippen molar-refractivity contribution in [2.24, 2.45) is 11.3 Å². The van der Waals surface area contributed by atoms with Gasteiger partial charge in [-0.1, -0.05) is 19.3 Å². The normalized spacial score (nSPS) is 24.9. The van der Waals surface area contributed by atoms with Crippen molar-refractivity contribution in [2.75, 3.05) is 13.2 Å². The number of hydrogen-bond acceptors (Lipinski definition) is 2. The quantitative estimate of drug-likeness (QED) is 0.739. The van der Waals surface area contributed by atoms with Crippen LogP contribution >= 0.6 is 0 Å². The van der Waals surface area contributed by atoms with Crippen LogP contribution in [0.25, 0.3) is 0 Å². The van der Waals surface area contributed by atoms with Crippen LogP contribution in [0.3, 0.4) is 0 Å². The highest BCUT2D eigenvalue weighted by Gasteiger charge is 2.49. The lowest BCUT2D eigenvalue weighted by Crippen LogP contribution is -2.37. The van der Waals surface area contributed by atoms with Gasteiger partial charge in [0.2, 0.25) is 5.91 Å². The predicted molar refractivity (Wildman–Crippen MR) is 58.3 cm³/mol. The molecule has 0 radical (unpaired) electrons. The molecule has 2 aliphatic rings. The third-order valence-electron chi connectivity index (χ3n) is 3.91. The summed E-state index contributed by atoms with van der Waals surface area (Å²) < 4.78 is 0. The van der Waals surface area contributed by atoms with Crippen molar-refractivity contribution in [1.82, 2.24) is 5.32 Å². The van der Waals surface area contributed by atoms with Crippen molar-refractivity contribution in [3.8, 4) is 0 Å². The van der Waals surface area contributed by atoms with E-state index >= 15 is 0 Å². The third kappa shape index (κ3) is 2.51. The molecule has 0 aromatic rings. The summed E-state index contributed by atoms with van der Waals surface area (Å²) in [6.07, 6.45) is 8.21. The van der Waals surface area contributed by atoms with E-state index in [1.54, 1.807) is 0 Å². The smallest absolute Gasteiger partial charge is 0.228 e. The molecule has 86 valence electrons. The van der Waals surface area contributed by atoms with E-state index in [0.717, 1.165) is 19.4 Å². The molecule has 0 bridgehead atoms. The first kappa shape index (κ1) is 10.9. The molecule has 0 unspecified atom stereocenters. The van der Waals surface area contributed by atoms with Crippen LogP contribution in [0.2, 0.25) is 0 Å². The summed E-state index contributed by atoms with van der Waals surface area (Å²) in [4.78, 5) is 11.7. The fourth-order valence-corrected chi connectivity index (χ4v) is 2.42. The molecule has 2 rings (SSSR count). The lowest BCUT2D eigenvalue weighted by Gasteiger charge is -2.22. The molecule has 0 aliphatic heterocycles. The number of amides is 1. The maximum absolute atomic E-state index is 11.7. The van der Waals surface area contributed by atoms with E-state index in [4.69, 9.17) is 5.11 Å². The minimum Gasteiger partial charge on any atom is -0.395 e. The number of rotatable bonds is 4. The number of aliphatic hydroxyl groups excluding tert-OH is 1. The van der Waals surface area contributed by atoms with E-state index in [1.807, 2.05) is 0 Å². The third-order valence-corrected chi connectivity index (χ3v) is 3.91. The second kappa shape index (κ2) is 4.52. The fourth-order valence-electron chi connectivity index (χ4n) is 2.42. The molecule has 0 aromatic heterocycles. The van der Waals surface area contributed by atoms with Crippen molar-refractivity contribution < 1.29 is 9.90 Å². The maximum atomic E-state index is 11.7. The van der Waals surface area contributed by atoms with Crippen LogP contribution in [0.1, 0.15) is 44.9 Å². The minimum absolute atomic E-state index is 0.0174. The van der Waals surface area contributed by atoms with Gasteiger partial charge in [-0.3, -0.25) is 4.79 Å². The summed E-state index contributed by atoms with van der Waals surface area (Å²) in [7, 11) is 0. The Balaban J connectivity index is 1.70. The summed E-state index contributed by atoms with van der Waals surface area (Å²) in [6.45, 7) is 0.837. The summed E-state index contributed by atoms with van der Waals surface area (Å²) in [5.74, 6) is 0.757. The Labute approximate surface area is 91.2 Å². The Hall–Kier alpha value is -0.570. The molecule has 2 saturated carbocycles. The highest BCUT2D eigenvalue weighted by Crippen LogP contribution is 2.45. The summed E-state index contributed by atoms with van der Waals surface area (Å²) in [5, 5.41) is 12.1. The maximum Gasteiger partial charge on any atom is 0.228 e. The van der Waals surface area contributed by atoms with Gasteiger partial charge in [0.1, 0.15) is 0 Å². The fraction of sp³-hybridized carbons (Fsp3) is 0.917. The first-order valence-corrected chi connectivity index (χ1v) is 6.16. The topological polar surface area (TPSA) is 49.3 Å². The van der Waals surface area contributed by atoms with Crippen molar-refractivity contribution >= 4 is 5.91 Å². The Morgan fingerprint density at radius 3 is 2.47 bits per heavy atom. The van der Waals surface area contributed by atoms with Gasteiger partial charge in [0, 0.05) is 6.54 Å². The highest BCUT2D eigenvalue weighted by atomic mass is 16.3. The number of carbonyl (C=O) groups excluding carboxylic acids is 1. The molecule has 0 saturated heterocycles. The molecular formula is C12H21NO2. The molecule has 3 nitrogen and oxygen atoms in total. The Kier molecular flexibility index (Phi) is 3.29. The molecule has 0 atom stereocenters. The number of carbonyl (C=O) groups is 1. The second-order valence-electron chi connectivity index (χ2n) is 5.15. The molecule has 2 aliphatic carbocycles. The van der Waals surface area contributed by atoms with Crippen LogP contribution < -0.4 is 5.32 Å². The van der Waals surface area contributed by atoms with Gasteiger partial charge >= 0.3 is 0 Å². The lowest BCUT2D eigenvalue weighted by atomic mass is 9.89. The molecule has 2 N–H and O–H groups in total. The first-order chi connectivity index (χ1) is 7.27. The van der Waals surface area contributed by atoms with Gasteiger partial charge in [0.15, 0.2) is 0 Å². The molecule has 1 amide bonds. The standard InChI is InChI=1S/C12H21NO2/c14-9-12(6-7-12)11(15)13-8-10-4-2-1-3-5-10/h10,14H,1-9H2,(H,13,15). The van der Waals surface area contributed by atoms with E-state index in [1.165, 1.54) is 32.1 Å². The molecule has 2 fully saturated rings. The van der Waals surface area contributed by atoms with E-state index < -0.39 is 5.41 Å². The van der Waals surface area contributed by atoms with E-state index in [-0.39, 0.29) is 12.5 Å². The summed E-state index contributed by atoms with van der Waals surface area (Å²) in [5.41, 5.74) is -0.394. The average Bonchev–Trinajstić information content (AvgIpc) is 3.08. The Bertz CT molecular complexity index is 230. The van der Waals surface area contributed by atoms with Crippen molar-refractivity contribution in [3.05, 3.63) is 0 Å². The minimum atomic E-state index is -0.394. The van der Waals surface area contributed by atoms with Gasteiger partial charge in [0.25, 0.3) is 0 Å². The van der Waals surface area contributed by atoms with Gasteiger partial charge < -0.3 is 10.4 Å².